The smallest absolute Gasteiger partial charge is 0.339 e. The Bertz CT molecular complexity index is 650. The first-order valence-corrected chi connectivity index (χ1v) is 4.58. The summed E-state index contributed by atoms with van der Waals surface area (Å²) in [6.45, 7) is -1.58. The zero-order chi connectivity index (χ0) is 13.9. The molecule has 18 heavy (non-hydrogen) atoms. The van der Waals surface area contributed by atoms with E-state index in [0.717, 1.165) is 7.05 Å². The molecule has 0 spiro atoms. The van der Waals surface area contributed by atoms with Crippen molar-refractivity contribution in [2.75, 3.05) is 0 Å². The molecule has 0 aliphatic heterocycles. The number of ether oxygens (including phenoxy) is 1. The normalized spacial score (nSPS) is 10.1. The van der Waals surface area contributed by atoms with Gasteiger partial charge in [-0.05, 0) is 0 Å². The molecule has 0 saturated carbocycles. The average Bonchev–Trinajstić information content (AvgIpc) is 2.32. The van der Waals surface area contributed by atoms with Crippen LogP contribution in [0.25, 0.3) is 0 Å². The van der Waals surface area contributed by atoms with E-state index < -0.39 is 36.3 Å². The molecule has 10 nitrogen and oxygen atoms in total. The van der Waals surface area contributed by atoms with Gasteiger partial charge in [-0.3, -0.25) is 9.59 Å². The van der Waals surface area contributed by atoms with Crippen LogP contribution in [0, 0.1) is 0 Å². The number of carbonyl (C=O) groups excluding carboxylic acids is 1. The molecule has 0 fully saturated rings. The lowest BCUT2D eigenvalue weighted by atomic mass is 10.6. The first-order valence-electron chi connectivity index (χ1n) is 4.58. The third kappa shape index (κ3) is 2.36. The van der Waals surface area contributed by atoms with E-state index in [0.29, 0.717) is 13.7 Å². The van der Waals surface area contributed by atoms with E-state index in [-0.39, 0.29) is 6.47 Å². The number of aromatic nitrogens is 3. The van der Waals surface area contributed by atoms with Crippen LogP contribution in [0.4, 0.5) is 0 Å². The van der Waals surface area contributed by atoms with Gasteiger partial charge in [0.05, 0.1) is 0 Å². The predicted molar refractivity (Wildman–Crippen MR) is 55.0 cm³/mol. The van der Waals surface area contributed by atoms with Gasteiger partial charge in [-0.25, -0.2) is 28.1 Å². The van der Waals surface area contributed by atoms with Crippen molar-refractivity contribution in [3.8, 4) is 0 Å². The summed E-state index contributed by atoms with van der Waals surface area (Å²) in [5.41, 5.74) is -3.23. The Morgan fingerprint density at radius 1 is 1.22 bits per heavy atom. The maximum atomic E-state index is 11.7. The van der Waals surface area contributed by atoms with Crippen LogP contribution in [-0.2, 0) is 34.6 Å². The highest BCUT2D eigenvalue weighted by Gasteiger charge is 2.15. The molecule has 0 bridgehead atoms. The van der Waals surface area contributed by atoms with Gasteiger partial charge >= 0.3 is 23.0 Å². The highest BCUT2D eigenvalue weighted by Crippen LogP contribution is 1.76. The fourth-order valence-corrected chi connectivity index (χ4v) is 1.24. The van der Waals surface area contributed by atoms with Crippen molar-refractivity contribution in [3.05, 3.63) is 31.5 Å². The minimum absolute atomic E-state index is 0.0124. The lowest BCUT2D eigenvalue weighted by Gasteiger charge is -2.08. The standard InChI is InChI=1S/C8H9N3O7/c1-9-6(15)10(2-5(13)14)8(17)11(7(9)16)3-18-4-12/h4H,2-3H2,1H3,(H,13,14). The van der Waals surface area contributed by atoms with Crippen molar-refractivity contribution in [1.82, 2.24) is 13.7 Å². The van der Waals surface area contributed by atoms with Crippen molar-refractivity contribution >= 4 is 12.4 Å². The summed E-state index contributed by atoms with van der Waals surface area (Å²) in [4.78, 5) is 55.2. The Balaban J connectivity index is 3.54. The topological polar surface area (TPSA) is 130 Å². The van der Waals surface area contributed by atoms with Gasteiger partial charge in [-0.2, -0.15) is 0 Å². The van der Waals surface area contributed by atoms with Gasteiger partial charge in [0.15, 0.2) is 6.73 Å². The van der Waals surface area contributed by atoms with Crippen LogP contribution in [0.15, 0.2) is 14.4 Å². The van der Waals surface area contributed by atoms with Crippen molar-refractivity contribution < 1.29 is 19.4 Å². The van der Waals surface area contributed by atoms with Crippen LogP contribution >= 0.6 is 0 Å². The lowest BCUT2D eigenvalue weighted by molar-refractivity contribution is -0.138. The summed E-state index contributed by atoms with van der Waals surface area (Å²) in [6.07, 6.45) is 0. The summed E-state index contributed by atoms with van der Waals surface area (Å²) in [5, 5.41) is 8.56. The maximum absolute atomic E-state index is 11.7. The molecule has 0 unspecified atom stereocenters. The van der Waals surface area contributed by atoms with Crippen molar-refractivity contribution in [2.45, 2.75) is 13.3 Å². The molecule has 98 valence electrons. The van der Waals surface area contributed by atoms with E-state index in [1.54, 1.807) is 0 Å². The molecule has 10 heteroatoms. The Hall–Kier alpha value is -2.65. The van der Waals surface area contributed by atoms with Crippen LogP contribution in [-0.4, -0.2) is 31.2 Å². The number of nitrogens with zero attached hydrogens (tertiary/aromatic N) is 3. The molecule has 0 atom stereocenters. The first kappa shape index (κ1) is 13.4. The summed E-state index contributed by atoms with van der Waals surface area (Å²) in [6, 6.07) is 0. The van der Waals surface area contributed by atoms with Crippen molar-refractivity contribution in [1.29, 1.82) is 0 Å². The van der Waals surface area contributed by atoms with Gasteiger partial charge in [0.25, 0.3) is 6.47 Å². The van der Waals surface area contributed by atoms with E-state index in [1.807, 2.05) is 0 Å². The fourth-order valence-electron chi connectivity index (χ4n) is 1.24. The molecule has 1 aromatic rings. The lowest BCUT2D eigenvalue weighted by Crippen LogP contribution is -2.54. The fraction of sp³-hybridized carbons (Fsp3) is 0.375. The van der Waals surface area contributed by atoms with E-state index >= 15 is 0 Å². The zero-order valence-electron chi connectivity index (χ0n) is 9.23. The van der Waals surface area contributed by atoms with Gasteiger partial charge < -0.3 is 9.84 Å². The third-order valence-corrected chi connectivity index (χ3v) is 2.06. The number of carboxylic acids is 1. The second-order valence-electron chi connectivity index (χ2n) is 3.21. The number of hydrogen-bond donors (Lipinski definition) is 1. The van der Waals surface area contributed by atoms with E-state index in [2.05, 4.69) is 4.74 Å². The molecule has 1 N–H and O–H groups in total. The van der Waals surface area contributed by atoms with Crippen LogP contribution in [0.2, 0.25) is 0 Å². The van der Waals surface area contributed by atoms with Gasteiger partial charge in [-0.1, -0.05) is 0 Å². The molecule has 0 amide bonds. The largest absolute Gasteiger partial charge is 0.480 e. The summed E-state index contributed by atoms with van der Waals surface area (Å²) in [5.74, 6) is -1.42. The van der Waals surface area contributed by atoms with E-state index in [4.69, 9.17) is 5.11 Å². The molecule has 1 aromatic heterocycles. The van der Waals surface area contributed by atoms with E-state index in [9.17, 15) is 24.0 Å². The number of carbonyl (C=O) groups is 2. The molecule has 0 aliphatic rings. The summed E-state index contributed by atoms with van der Waals surface area (Å²) >= 11 is 0. The summed E-state index contributed by atoms with van der Waals surface area (Å²) < 4.78 is 5.56. The number of hydrogen-bond acceptors (Lipinski definition) is 6. The molecule has 0 radical (unpaired) electrons. The first-order chi connectivity index (χ1) is 8.40. The second kappa shape index (κ2) is 5.12. The Kier molecular flexibility index (Phi) is 3.82. The zero-order valence-corrected chi connectivity index (χ0v) is 9.23. The van der Waals surface area contributed by atoms with Gasteiger partial charge in [0.2, 0.25) is 0 Å². The number of aliphatic carboxylic acids is 1. The molecular formula is C8H9N3O7. The van der Waals surface area contributed by atoms with Crippen LogP contribution in [0.5, 0.6) is 0 Å². The van der Waals surface area contributed by atoms with Crippen molar-refractivity contribution in [3.63, 3.8) is 0 Å². The van der Waals surface area contributed by atoms with Gasteiger partial charge in [0, 0.05) is 7.05 Å². The quantitative estimate of drug-likeness (QED) is 0.555. The molecule has 0 aliphatic carbocycles. The Morgan fingerprint density at radius 3 is 2.28 bits per heavy atom. The van der Waals surface area contributed by atoms with Crippen LogP contribution in [0.3, 0.4) is 0 Å². The average molecular weight is 259 g/mol. The van der Waals surface area contributed by atoms with Gasteiger partial charge in [-0.15, -0.1) is 0 Å². The van der Waals surface area contributed by atoms with E-state index in [1.165, 1.54) is 0 Å². The maximum Gasteiger partial charge on any atom is 0.339 e. The van der Waals surface area contributed by atoms with Crippen LogP contribution in [0.1, 0.15) is 0 Å². The molecule has 1 rings (SSSR count). The monoisotopic (exact) mass is 259 g/mol. The Morgan fingerprint density at radius 2 is 1.78 bits per heavy atom. The van der Waals surface area contributed by atoms with Crippen LogP contribution < -0.4 is 17.1 Å². The molecule has 0 aromatic carbocycles. The number of rotatable bonds is 5. The summed E-state index contributed by atoms with van der Waals surface area (Å²) in [7, 11) is 1.07. The highest BCUT2D eigenvalue weighted by atomic mass is 16.5. The highest BCUT2D eigenvalue weighted by molar-refractivity contribution is 5.66. The van der Waals surface area contributed by atoms with Crippen molar-refractivity contribution in [2.24, 2.45) is 7.05 Å². The molecular weight excluding hydrogens is 250 g/mol. The molecule has 1 heterocycles. The SMILES string of the molecule is Cn1c(=O)n(COC=O)c(=O)n(CC(=O)O)c1=O. The third-order valence-electron chi connectivity index (χ3n) is 2.06. The second-order valence-corrected chi connectivity index (χ2v) is 3.21. The molecule has 0 saturated heterocycles. The number of carboxylic acid groups (broad SMARTS) is 1. The Labute approximate surface area is 98.3 Å². The van der Waals surface area contributed by atoms with Gasteiger partial charge in [0.1, 0.15) is 6.54 Å². The minimum atomic E-state index is -1.42. The minimum Gasteiger partial charge on any atom is -0.480 e. The predicted octanol–water partition coefficient (Wildman–Crippen LogP) is -3.08.